The van der Waals surface area contributed by atoms with Crippen molar-refractivity contribution >= 4 is 0 Å². The average Bonchev–Trinajstić information content (AvgIpc) is 3.66. The van der Waals surface area contributed by atoms with E-state index in [9.17, 15) is 20.4 Å². The summed E-state index contributed by atoms with van der Waals surface area (Å²) in [5.41, 5.74) is 6.42. The predicted molar refractivity (Wildman–Crippen MR) is 116 cm³/mol. The van der Waals surface area contributed by atoms with Crippen LogP contribution in [0.4, 0.5) is 0 Å². The third kappa shape index (κ3) is 3.94. The van der Waals surface area contributed by atoms with Gasteiger partial charge in [0.25, 0.3) is 0 Å². The maximum absolute atomic E-state index is 10.6. The molecule has 0 saturated heterocycles. The molecule has 0 amide bonds. The Hall–Kier alpha value is -1.72. The minimum absolute atomic E-state index is 0.193. The fourth-order valence-electron chi connectivity index (χ4n) is 5.19. The molecule has 3 fully saturated rings. The molecule has 4 nitrogen and oxygen atoms in total. The molecule has 5 rings (SSSR count). The van der Waals surface area contributed by atoms with Crippen LogP contribution in [0.15, 0.2) is 42.5 Å². The summed E-state index contributed by atoms with van der Waals surface area (Å²) in [6.07, 6.45) is 3.07. The molecule has 4 N–H and O–H groups in total. The Morgan fingerprint density at radius 3 is 2.03 bits per heavy atom. The second kappa shape index (κ2) is 8.08. The maximum atomic E-state index is 10.6. The van der Waals surface area contributed by atoms with Gasteiger partial charge in [-0.25, -0.2) is 0 Å². The van der Waals surface area contributed by atoms with E-state index in [1.807, 2.05) is 0 Å². The van der Waals surface area contributed by atoms with Gasteiger partial charge in [0.1, 0.15) is 6.10 Å². The Morgan fingerprint density at radius 2 is 1.40 bits per heavy atom. The summed E-state index contributed by atoms with van der Waals surface area (Å²) in [4.78, 5) is 0. The molecule has 0 heterocycles. The van der Waals surface area contributed by atoms with Gasteiger partial charge in [-0.2, -0.15) is 0 Å². The largest absolute Gasteiger partial charge is 0.396 e. The molecule has 3 saturated carbocycles. The van der Waals surface area contributed by atoms with E-state index < -0.39 is 24.2 Å². The zero-order valence-corrected chi connectivity index (χ0v) is 17.3. The third-order valence-electron chi connectivity index (χ3n) is 7.42. The summed E-state index contributed by atoms with van der Waals surface area (Å²) in [6, 6.07) is 15.5. The van der Waals surface area contributed by atoms with Crippen molar-refractivity contribution in [2.45, 2.75) is 74.6 Å². The number of benzene rings is 2. The highest BCUT2D eigenvalue weighted by molar-refractivity contribution is 5.42. The molecule has 0 radical (unpaired) electrons. The molecule has 3 aliphatic rings. The van der Waals surface area contributed by atoms with Crippen molar-refractivity contribution in [3.05, 3.63) is 70.3 Å². The van der Waals surface area contributed by atoms with Crippen molar-refractivity contribution in [2.24, 2.45) is 5.92 Å². The molecule has 2 aromatic rings. The van der Waals surface area contributed by atoms with E-state index in [-0.39, 0.29) is 12.5 Å². The van der Waals surface area contributed by atoms with Crippen molar-refractivity contribution < 1.29 is 20.4 Å². The van der Waals surface area contributed by atoms with E-state index >= 15 is 0 Å². The van der Waals surface area contributed by atoms with E-state index in [1.165, 1.54) is 47.9 Å². The van der Waals surface area contributed by atoms with Crippen molar-refractivity contribution in [2.75, 3.05) is 6.61 Å². The van der Waals surface area contributed by atoms with Crippen LogP contribution >= 0.6 is 0 Å². The number of hydrogen-bond acceptors (Lipinski definition) is 4. The van der Waals surface area contributed by atoms with Gasteiger partial charge in [-0.05, 0) is 78.2 Å². The third-order valence-corrected chi connectivity index (χ3v) is 7.42. The predicted octanol–water partition coefficient (Wildman–Crippen LogP) is 3.21. The Labute approximate surface area is 178 Å². The molecule has 160 valence electrons. The fourth-order valence-corrected chi connectivity index (χ4v) is 5.19. The molecule has 4 heteroatoms. The summed E-state index contributed by atoms with van der Waals surface area (Å²) in [5.74, 6) is 0.687. The van der Waals surface area contributed by atoms with Gasteiger partial charge in [0, 0.05) is 18.4 Å². The van der Waals surface area contributed by atoms with Gasteiger partial charge in [-0.3, -0.25) is 0 Å². The van der Waals surface area contributed by atoms with Crippen molar-refractivity contribution in [1.29, 1.82) is 0 Å². The minimum Gasteiger partial charge on any atom is -0.396 e. The Bertz CT molecular complexity index is 882. The summed E-state index contributed by atoms with van der Waals surface area (Å²) in [6.45, 7) is -0.193. The monoisotopic (exact) mass is 408 g/mol. The van der Waals surface area contributed by atoms with Crippen LogP contribution in [-0.2, 0) is 6.42 Å². The second-order valence-electron chi connectivity index (χ2n) is 9.68. The van der Waals surface area contributed by atoms with Crippen LogP contribution in [-0.4, -0.2) is 45.3 Å². The maximum Gasteiger partial charge on any atom is 0.107 e. The first-order chi connectivity index (χ1) is 14.5. The molecule has 30 heavy (non-hydrogen) atoms. The molecule has 0 aliphatic heterocycles. The number of aliphatic hydroxyl groups is 4. The van der Waals surface area contributed by atoms with Crippen LogP contribution in [0, 0.1) is 5.92 Å². The average molecular weight is 409 g/mol. The van der Waals surface area contributed by atoms with Gasteiger partial charge in [0.05, 0.1) is 12.2 Å². The highest BCUT2D eigenvalue weighted by atomic mass is 16.4. The Morgan fingerprint density at radius 1 is 0.733 bits per heavy atom. The van der Waals surface area contributed by atoms with Crippen molar-refractivity contribution in [3.8, 4) is 0 Å². The van der Waals surface area contributed by atoms with Crippen LogP contribution in [0.25, 0.3) is 0 Å². The highest BCUT2D eigenvalue weighted by Gasteiger charge is 2.43. The highest BCUT2D eigenvalue weighted by Crippen LogP contribution is 2.44. The summed E-state index contributed by atoms with van der Waals surface area (Å²) < 4.78 is 0. The first-order valence-electron chi connectivity index (χ1n) is 11.4. The topological polar surface area (TPSA) is 80.9 Å². The standard InChI is InChI=1S/C26H32O4/c27-14-21-13-23(25(29)26(30)24(21)28)19-9-10-22(18-7-8-18)20(12-19)11-15-1-3-16(4-2-15)17-5-6-17/h1-4,9-10,12,17-18,21,23-30H,5-8,11,13-14H2/t21-,23+,24-,25+,26+/m1/s1. The molecule has 5 atom stereocenters. The molecular weight excluding hydrogens is 376 g/mol. The summed E-state index contributed by atoms with van der Waals surface area (Å²) in [5, 5.41) is 40.7. The van der Waals surface area contributed by atoms with Gasteiger partial charge in [0.15, 0.2) is 0 Å². The smallest absolute Gasteiger partial charge is 0.107 e. The first kappa shape index (κ1) is 20.2. The molecule has 0 unspecified atom stereocenters. The molecule has 3 aliphatic carbocycles. The lowest BCUT2D eigenvalue weighted by Gasteiger charge is -2.40. The van der Waals surface area contributed by atoms with Gasteiger partial charge in [-0.1, -0.05) is 42.5 Å². The van der Waals surface area contributed by atoms with E-state index in [0.29, 0.717) is 12.3 Å². The molecule has 0 bridgehead atoms. The second-order valence-corrected chi connectivity index (χ2v) is 9.68. The molecule has 2 aromatic carbocycles. The zero-order valence-electron chi connectivity index (χ0n) is 17.3. The van der Waals surface area contributed by atoms with Gasteiger partial charge in [0.2, 0.25) is 0 Å². The molecular formula is C26H32O4. The lowest BCUT2D eigenvalue weighted by Crippen LogP contribution is -2.51. The van der Waals surface area contributed by atoms with Crippen LogP contribution in [0.1, 0.15) is 77.7 Å². The fraction of sp³-hybridized carbons (Fsp3) is 0.538. The van der Waals surface area contributed by atoms with Crippen LogP contribution in [0.2, 0.25) is 0 Å². The zero-order chi connectivity index (χ0) is 20.8. The first-order valence-corrected chi connectivity index (χ1v) is 11.4. The quantitative estimate of drug-likeness (QED) is 0.592. The Kier molecular flexibility index (Phi) is 5.44. The van der Waals surface area contributed by atoms with Gasteiger partial charge >= 0.3 is 0 Å². The van der Waals surface area contributed by atoms with E-state index in [4.69, 9.17) is 0 Å². The lowest BCUT2D eigenvalue weighted by molar-refractivity contribution is -0.127. The van der Waals surface area contributed by atoms with E-state index in [2.05, 4.69) is 42.5 Å². The Balaban J connectivity index is 1.42. The van der Waals surface area contributed by atoms with E-state index in [1.54, 1.807) is 0 Å². The minimum atomic E-state index is -1.23. The number of aliphatic hydroxyl groups excluding tert-OH is 4. The number of rotatable bonds is 6. The normalized spacial score (nSPS) is 31.7. The SMILES string of the molecule is OC[C@H]1C[C@@H](c2ccc(C3CC3)c(Cc3ccc(C4CC4)cc3)c2)[C@H](O)[C@@H](O)[C@@H]1O. The molecule has 0 aromatic heterocycles. The summed E-state index contributed by atoms with van der Waals surface area (Å²) in [7, 11) is 0. The van der Waals surface area contributed by atoms with Crippen molar-refractivity contribution in [3.63, 3.8) is 0 Å². The van der Waals surface area contributed by atoms with Gasteiger partial charge in [-0.15, -0.1) is 0 Å². The molecule has 0 spiro atoms. The van der Waals surface area contributed by atoms with Crippen LogP contribution in [0.3, 0.4) is 0 Å². The summed E-state index contributed by atoms with van der Waals surface area (Å²) >= 11 is 0. The van der Waals surface area contributed by atoms with Crippen LogP contribution in [0.5, 0.6) is 0 Å². The lowest BCUT2D eigenvalue weighted by atomic mass is 9.72. The number of hydrogen-bond donors (Lipinski definition) is 4. The van der Waals surface area contributed by atoms with E-state index in [0.717, 1.165) is 17.9 Å². The van der Waals surface area contributed by atoms with Crippen LogP contribution < -0.4 is 0 Å². The van der Waals surface area contributed by atoms with Crippen molar-refractivity contribution in [1.82, 2.24) is 0 Å². The van der Waals surface area contributed by atoms with Gasteiger partial charge < -0.3 is 20.4 Å².